The van der Waals surface area contributed by atoms with Gasteiger partial charge in [-0.25, -0.2) is 4.98 Å². The molecule has 1 unspecified atom stereocenters. The van der Waals surface area contributed by atoms with Crippen LogP contribution < -0.4 is 5.32 Å². The number of rotatable bonds is 4. The van der Waals surface area contributed by atoms with E-state index in [1.54, 1.807) is 11.3 Å². The molecule has 0 saturated carbocycles. The lowest BCUT2D eigenvalue weighted by Gasteiger charge is -2.36. The van der Waals surface area contributed by atoms with Crippen molar-refractivity contribution in [3.63, 3.8) is 0 Å². The Morgan fingerprint density at radius 1 is 1.33 bits per heavy atom. The predicted octanol–water partition coefficient (Wildman–Crippen LogP) is 3.16. The highest BCUT2D eigenvalue weighted by Crippen LogP contribution is 2.25. The summed E-state index contributed by atoms with van der Waals surface area (Å²) in [5.41, 5.74) is 4.02. The third kappa shape index (κ3) is 3.51. The van der Waals surface area contributed by atoms with Crippen molar-refractivity contribution in [2.75, 3.05) is 19.6 Å². The van der Waals surface area contributed by atoms with E-state index in [1.165, 1.54) is 16.8 Å². The number of aromatic nitrogens is 1. The van der Waals surface area contributed by atoms with Crippen molar-refractivity contribution in [1.82, 2.24) is 15.2 Å². The molecule has 1 aromatic carbocycles. The molecule has 0 radical (unpaired) electrons. The number of nitrogens with one attached hydrogen (secondary N) is 1. The maximum atomic E-state index is 4.62. The quantitative estimate of drug-likeness (QED) is 0.940. The van der Waals surface area contributed by atoms with Gasteiger partial charge in [0.25, 0.3) is 0 Å². The zero-order valence-corrected chi connectivity index (χ0v) is 13.6. The molecule has 3 nitrogen and oxygen atoms in total. The van der Waals surface area contributed by atoms with Crippen LogP contribution in [0.15, 0.2) is 29.6 Å². The minimum absolute atomic E-state index is 0.451. The fourth-order valence-electron chi connectivity index (χ4n) is 2.93. The van der Waals surface area contributed by atoms with Crippen LogP contribution >= 0.6 is 11.3 Å². The predicted molar refractivity (Wildman–Crippen MR) is 88.7 cm³/mol. The van der Waals surface area contributed by atoms with Crippen molar-refractivity contribution in [3.05, 3.63) is 51.5 Å². The number of hydrogen-bond donors (Lipinski definition) is 1. The Balaban J connectivity index is 1.76. The van der Waals surface area contributed by atoms with E-state index < -0.39 is 0 Å². The second kappa shape index (κ2) is 6.69. The molecule has 1 N–H and O–H groups in total. The van der Waals surface area contributed by atoms with Gasteiger partial charge in [0.05, 0.1) is 10.7 Å². The first kappa shape index (κ1) is 14.7. The van der Waals surface area contributed by atoms with Gasteiger partial charge in [0.15, 0.2) is 0 Å². The molecule has 2 heterocycles. The largest absolute Gasteiger partial charge is 0.314 e. The first-order valence-corrected chi connectivity index (χ1v) is 8.59. The smallest absolute Gasteiger partial charge is 0.0897 e. The molecule has 2 aromatic rings. The molecule has 0 spiro atoms. The number of nitrogens with zero attached hydrogens (tertiary/aromatic N) is 2. The van der Waals surface area contributed by atoms with Gasteiger partial charge in [0, 0.05) is 37.6 Å². The highest BCUT2D eigenvalue weighted by atomic mass is 32.1. The Morgan fingerprint density at radius 2 is 2.14 bits per heavy atom. The van der Waals surface area contributed by atoms with Gasteiger partial charge in [-0.1, -0.05) is 31.2 Å². The second-order valence-electron chi connectivity index (χ2n) is 5.64. The third-order valence-electron chi connectivity index (χ3n) is 4.16. The molecule has 21 heavy (non-hydrogen) atoms. The molecule has 1 fully saturated rings. The van der Waals surface area contributed by atoms with Crippen molar-refractivity contribution in [3.8, 4) is 0 Å². The van der Waals surface area contributed by atoms with Gasteiger partial charge in [-0.3, -0.25) is 4.90 Å². The Labute approximate surface area is 131 Å². The van der Waals surface area contributed by atoms with Gasteiger partial charge in [-0.15, -0.1) is 11.3 Å². The number of hydrogen-bond acceptors (Lipinski definition) is 4. The minimum Gasteiger partial charge on any atom is -0.314 e. The highest BCUT2D eigenvalue weighted by Gasteiger charge is 2.24. The van der Waals surface area contributed by atoms with E-state index in [0.29, 0.717) is 6.04 Å². The SMILES string of the molecule is CCc1ccc(C2CNCCN2Cc2csc(C)n2)cc1. The molecule has 3 rings (SSSR count). The van der Waals surface area contributed by atoms with Crippen LogP contribution in [0.25, 0.3) is 0 Å². The lowest BCUT2D eigenvalue weighted by Crippen LogP contribution is -2.45. The molecule has 0 amide bonds. The summed E-state index contributed by atoms with van der Waals surface area (Å²) in [4.78, 5) is 7.16. The zero-order chi connectivity index (χ0) is 14.7. The second-order valence-corrected chi connectivity index (χ2v) is 6.71. The van der Waals surface area contributed by atoms with Crippen LogP contribution in [-0.2, 0) is 13.0 Å². The van der Waals surface area contributed by atoms with E-state index in [1.807, 2.05) is 0 Å². The first-order chi connectivity index (χ1) is 10.3. The Morgan fingerprint density at radius 3 is 2.81 bits per heavy atom. The molecule has 4 heteroatoms. The van der Waals surface area contributed by atoms with Crippen molar-refractivity contribution in [2.45, 2.75) is 32.9 Å². The standard InChI is InChI=1S/C17H23N3S/c1-3-14-4-6-15(7-5-14)17-10-18-8-9-20(17)11-16-12-21-13(2)19-16/h4-7,12,17-18H,3,8-11H2,1-2H3. The van der Waals surface area contributed by atoms with E-state index in [0.717, 1.165) is 37.6 Å². The van der Waals surface area contributed by atoms with E-state index in [9.17, 15) is 0 Å². The van der Waals surface area contributed by atoms with Gasteiger partial charge in [0.2, 0.25) is 0 Å². The molecule has 1 aromatic heterocycles. The molecule has 1 aliphatic heterocycles. The van der Waals surface area contributed by atoms with Crippen LogP contribution in [0, 0.1) is 6.92 Å². The summed E-state index contributed by atoms with van der Waals surface area (Å²) in [7, 11) is 0. The number of thiazole rings is 1. The monoisotopic (exact) mass is 301 g/mol. The van der Waals surface area contributed by atoms with Crippen LogP contribution in [0.5, 0.6) is 0 Å². The van der Waals surface area contributed by atoms with Crippen molar-refractivity contribution in [1.29, 1.82) is 0 Å². The van der Waals surface area contributed by atoms with Gasteiger partial charge in [-0.05, 0) is 24.5 Å². The van der Waals surface area contributed by atoms with Crippen molar-refractivity contribution >= 4 is 11.3 Å². The fraction of sp³-hybridized carbons (Fsp3) is 0.471. The summed E-state index contributed by atoms with van der Waals surface area (Å²) in [6.45, 7) is 8.39. The lowest BCUT2D eigenvalue weighted by atomic mass is 10.0. The summed E-state index contributed by atoms with van der Waals surface area (Å²) in [6.07, 6.45) is 1.10. The molecule has 0 bridgehead atoms. The maximum absolute atomic E-state index is 4.62. The fourth-order valence-corrected chi connectivity index (χ4v) is 3.53. The topological polar surface area (TPSA) is 28.2 Å². The van der Waals surface area contributed by atoms with Crippen LogP contribution in [0.2, 0.25) is 0 Å². The van der Waals surface area contributed by atoms with E-state index in [-0.39, 0.29) is 0 Å². The van der Waals surface area contributed by atoms with Crippen molar-refractivity contribution in [2.24, 2.45) is 0 Å². The molecule has 1 saturated heterocycles. The minimum atomic E-state index is 0.451. The maximum Gasteiger partial charge on any atom is 0.0897 e. The normalized spacial score (nSPS) is 19.8. The highest BCUT2D eigenvalue weighted by molar-refractivity contribution is 7.09. The zero-order valence-electron chi connectivity index (χ0n) is 12.8. The molecule has 112 valence electrons. The molecule has 1 atom stereocenters. The number of benzene rings is 1. The van der Waals surface area contributed by atoms with Gasteiger partial charge >= 0.3 is 0 Å². The molecular formula is C17H23N3S. The first-order valence-electron chi connectivity index (χ1n) is 7.71. The van der Waals surface area contributed by atoms with E-state index >= 15 is 0 Å². The van der Waals surface area contributed by atoms with Gasteiger partial charge < -0.3 is 5.32 Å². The third-order valence-corrected chi connectivity index (χ3v) is 4.98. The van der Waals surface area contributed by atoms with Crippen LogP contribution in [0.4, 0.5) is 0 Å². The summed E-state index contributed by atoms with van der Waals surface area (Å²) < 4.78 is 0. The summed E-state index contributed by atoms with van der Waals surface area (Å²) in [5, 5.41) is 6.87. The van der Waals surface area contributed by atoms with E-state index in [4.69, 9.17) is 0 Å². The number of piperazine rings is 1. The van der Waals surface area contributed by atoms with Crippen LogP contribution in [0.1, 0.15) is 34.8 Å². The van der Waals surface area contributed by atoms with Gasteiger partial charge in [0.1, 0.15) is 0 Å². The summed E-state index contributed by atoms with van der Waals surface area (Å²) in [5.74, 6) is 0. The van der Waals surface area contributed by atoms with E-state index in [2.05, 4.69) is 58.7 Å². The molecule has 0 aliphatic carbocycles. The molecule has 1 aliphatic rings. The average Bonchev–Trinajstić information content (AvgIpc) is 2.93. The van der Waals surface area contributed by atoms with Gasteiger partial charge in [-0.2, -0.15) is 0 Å². The lowest BCUT2D eigenvalue weighted by molar-refractivity contribution is 0.152. The van der Waals surface area contributed by atoms with Crippen LogP contribution in [-0.4, -0.2) is 29.5 Å². The Kier molecular flexibility index (Phi) is 4.68. The number of aryl methyl sites for hydroxylation is 2. The Bertz CT molecular complexity index is 576. The average molecular weight is 301 g/mol. The molecular weight excluding hydrogens is 278 g/mol. The summed E-state index contributed by atoms with van der Waals surface area (Å²) in [6, 6.07) is 9.54. The summed E-state index contributed by atoms with van der Waals surface area (Å²) >= 11 is 1.74. The van der Waals surface area contributed by atoms with Crippen LogP contribution in [0.3, 0.4) is 0 Å². The Hall–Kier alpha value is -1.23. The van der Waals surface area contributed by atoms with Crippen molar-refractivity contribution < 1.29 is 0 Å².